The van der Waals surface area contributed by atoms with E-state index in [0.717, 1.165) is 89.5 Å². The molecule has 2 heterocycles. The maximum atomic E-state index is 15.9. The van der Waals surface area contributed by atoms with Gasteiger partial charge in [0.15, 0.2) is 0 Å². The number of piperidine rings is 1. The van der Waals surface area contributed by atoms with Gasteiger partial charge in [0.25, 0.3) is 0 Å². The van der Waals surface area contributed by atoms with Crippen molar-refractivity contribution in [2.75, 3.05) is 109 Å². The second kappa shape index (κ2) is 40.0. The van der Waals surface area contributed by atoms with E-state index >= 15 is 28.8 Å². The Hall–Kier alpha value is -7.59. The third-order valence-electron chi connectivity index (χ3n) is 22.5. The maximum absolute atomic E-state index is 15.9. The highest BCUT2D eigenvalue weighted by Gasteiger charge is 2.50. The minimum atomic E-state index is -4.80. The molecule has 3 aliphatic carbocycles. The summed E-state index contributed by atoms with van der Waals surface area (Å²) < 4.78 is 41.9. The van der Waals surface area contributed by atoms with Gasteiger partial charge in [-0.25, -0.2) is 0 Å². The lowest BCUT2D eigenvalue weighted by Crippen LogP contribution is -2.64. The number of likely N-dealkylation sites (tertiary alicyclic amines) is 1. The number of hydrogen-bond donors (Lipinski definition) is 3. The fourth-order valence-electron chi connectivity index (χ4n) is 15.6. The molecule has 3 saturated carbocycles. The molecule has 5 aliphatic rings. The number of carbonyl (C=O) groups is 13. The number of halogens is 4. The van der Waals surface area contributed by atoms with Gasteiger partial charge < -0.3 is 64.9 Å². The van der Waals surface area contributed by atoms with Gasteiger partial charge in [-0.1, -0.05) is 116 Å². The summed E-state index contributed by atoms with van der Waals surface area (Å²) in [5.41, 5.74) is -2.51. The van der Waals surface area contributed by atoms with E-state index < -0.39 is 174 Å². The van der Waals surface area contributed by atoms with Gasteiger partial charge in [-0.15, -0.1) is 0 Å². The predicted octanol–water partition coefficient (Wildman–Crippen LogP) is 6.13. The van der Waals surface area contributed by atoms with Crippen LogP contribution in [0.25, 0.3) is 0 Å². The van der Waals surface area contributed by atoms with E-state index in [0.29, 0.717) is 58.0 Å². The van der Waals surface area contributed by atoms with Crippen LogP contribution in [0.1, 0.15) is 193 Å². The average molecular weight is 1520 g/mol. The monoisotopic (exact) mass is 1510 g/mol. The van der Waals surface area contributed by atoms with Gasteiger partial charge in [-0.05, 0) is 118 Å². The third kappa shape index (κ3) is 23.7. The van der Waals surface area contributed by atoms with Crippen molar-refractivity contribution in [2.45, 2.75) is 236 Å². The number of alkyl halides is 3. The average Bonchev–Trinajstić information content (AvgIpc) is 1.18. The van der Waals surface area contributed by atoms with Crippen LogP contribution in [0.4, 0.5) is 13.2 Å². The maximum Gasteiger partial charge on any atom is 0.417 e. The molecule has 3 N–H and O–H groups in total. The molecule has 26 nitrogen and oxygen atoms in total. The van der Waals surface area contributed by atoms with Gasteiger partial charge in [-0.3, -0.25) is 62.3 Å². The van der Waals surface area contributed by atoms with Crippen LogP contribution in [0.3, 0.4) is 0 Å². The van der Waals surface area contributed by atoms with E-state index in [1.807, 2.05) is 20.8 Å². The largest absolute Gasteiger partial charge is 0.417 e. The number of carbonyl (C=O) groups excluding carboxylic acids is 13. The summed E-state index contributed by atoms with van der Waals surface area (Å²) >= 11 is 6.19. The number of likely N-dealkylation sites (N-methyl/N-ethyl adjacent to an activating group) is 7. The summed E-state index contributed by atoms with van der Waals surface area (Å²) in [6, 6.07) is -4.72. The fourth-order valence-corrected chi connectivity index (χ4v) is 15.9. The topological polar surface area (TPSA) is 290 Å². The molecule has 1 aromatic carbocycles. The number of benzene rings is 1. The van der Waals surface area contributed by atoms with Crippen molar-refractivity contribution >= 4 is 88.4 Å². The second-order valence-electron chi connectivity index (χ2n) is 31.2. The molecular formula is C76H119ClF3N13O13. The van der Waals surface area contributed by atoms with E-state index in [9.17, 15) is 46.7 Å². The number of nitrogens with zero attached hydrogens (tertiary/aromatic N) is 10. The molecule has 6 rings (SSSR count). The number of hydrogen-bond acceptors (Lipinski definition) is 13. The second-order valence-corrected chi connectivity index (χ2v) is 31.6. The van der Waals surface area contributed by atoms with E-state index in [2.05, 4.69) is 16.0 Å². The Morgan fingerprint density at radius 1 is 0.642 bits per heavy atom. The zero-order chi connectivity index (χ0) is 78.7. The zero-order valence-corrected chi connectivity index (χ0v) is 65.7. The molecule has 13 amide bonds. The van der Waals surface area contributed by atoms with Gasteiger partial charge in [0.2, 0.25) is 76.8 Å². The van der Waals surface area contributed by atoms with Gasteiger partial charge >= 0.3 is 6.18 Å². The Balaban J connectivity index is 1.48. The van der Waals surface area contributed by atoms with Crippen molar-refractivity contribution in [2.24, 2.45) is 23.7 Å². The van der Waals surface area contributed by atoms with Crippen LogP contribution in [0.5, 0.6) is 0 Å². The zero-order valence-electron chi connectivity index (χ0n) is 64.9. The molecule has 0 bridgehead atoms. The molecule has 1 spiro atoms. The van der Waals surface area contributed by atoms with Crippen molar-refractivity contribution in [1.82, 2.24) is 64.9 Å². The molecule has 594 valence electrons. The molecule has 2 aliphatic heterocycles. The minimum Gasteiger partial charge on any atom is -0.349 e. The first-order chi connectivity index (χ1) is 49.9. The molecule has 0 radical (unpaired) electrons. The molecule has 5 fully saturated rings. The standard InChI is InChI=1S/C76H119ClF3N13O13/c1-14-50(4)66-72(104)87(9)47-64(98)85(7)48-65(99)89(11)58(43-51-27-18-15-19-28-51)70(102)86(8)45-60(94)81-56(35-33-52-32-34-54(55(77)42-52)76(78,79)80)69(101)93(40-26-31-62(96)84(5)6)46-61(95)83-75(36-22-23-37-75)74(106)91(13)67(53-29-20-16-21-30-53)73(105)90(12)59(71(103)92-38-24-17-25-39-92)44-63(97)88(10)57(41-49(2)3)68(100)82-66/h32,34,42,49-51,53,56-59,66-67H,14-31,33,35-41,43-48H2,1-13H3,(H,81,94)(H,82,100)(H,83,95)/t50-,56?,57-,58-,59-,66-,67-/m0/s1. The Bertz CT molecular complexity index is 3260. The predicted molar refractivity (Wildman–Crippen MR) is 393 cm³/mol. The molecular weight excluding hydrogens is 1400 g/mol. The van der Waals surface area contributed by atoms with Gasteiger partial charge in [0, 0.05) is 89.5 Å². The summed E-state index contributed by atoms with van der Waals surface area (Å²) in [6.07, 6.45) is 5.70. The van der Waals surface area contributed by atoms with E-state index in [1.54, 1.807) is 25.9 Å². The SMILES string of the molecule is CC[C@H](C)[C@@H]1NC(=O)[C@H](CC(C)C)N(C)C(=O)C[C@@H](C(=O)N2CCCCC2)N(C)C(=O)[C@H](C2CCCCC2)N(C)C(=O)C2(CCCC2)NC(=O)CN(CCCC(=O)N(C)C)C(=O)C(CCc2ccc(C(F)(F)F)c(Cl)c2)NC(=O)CN(C)C(=O)[C@H](CC2CCCCC2)N(C)C(=O)CN(C)C(=O)CN(C)C1=O. The summed E-state index contributed by atoms with van der Waals surface area (Å²) in [5, 5.41) is 8.01. The van der Waals surface area contributed by atoms with Crippen LogP contribution >= 0.6 is 11.6 Å². The molecule has 30 heteroatoms. The first kappa shape index (κ1) is 87.3. The van der Waals surface area contributed by atoms with Gasteiger partial charge in [-0.2, -0.15) is 13.2 Å². The highest BCUT2D eigenvalue weighted by atomic mass is 35.5. The molecule has 0 aromatic heterocycles. The molecule has 106 heavy (non-hydrogen) atoms. The van der Waals surface area contributed by atoms with Gasteiger partial charge in [0.1, 0.15) is 41.8 Å². The number of amides is 13. The Labute approximate surface area is 629 Å². The third-order valence-corrected chi connectivity index (χ3v) is 22.8. The number of aryl methyl sites for hydroxylation is 1. The Morgan fingerprint density at radius 3 is 1.81 bits per heavy atom. The van der Waals surface area contributed by atoms with Crippen LogP contribution in [-0.4, -0.2) is 277 Å². The van der Waals surface area contributed by atoms with Crippen molar-refractivity contribution in [3.05, 3.63) is 34.3 Å². The first-order valence-corrected chi connectivity index (χ1v) is 38.6. The van der Waals surface area contributed by atoms with Crippen molar-refractivity contribution in [3.63, 3.8) is 0 Å². The lowest BCUT2D eigenvalue weighted by atomic mass is 9.81. The smallest absolute Gasteiger partial charge is 0.349 e. The quantitative estimate of drug-likeness (QED) is 0.178. The van der Waals surface area contributed by atoms with Crippen LogP contribution in [0, 0.1) is 23.7 Å². The number of nitrogens with one attached hydrogen (secondary N) is 3. The highest BCUT2D eigenvalue weighted by molar-refractivity contribution is 6.31. The molecule has 2 saturated heterocycles. The highest BCUT2D eigenvalue weighted by Crippen LogP contribution is 2.38. The summed E-state index contributed by atoms with van der Waals surface area (Å²) in [6.45, 7) is 5.25. The minimum absolute atomic E-state index is 0.000930. The summed E-state index contributed by atoms with van der Waals surface area (Å²) in [4.78, 5) is 206. The molecule has 7 atom stereocenters. The lowest BCUT2D eigenvalue weighted by Gasteiger charge is -2.43. The fraction of sp³-hybridized carbons (Fsp3) is 0.750. The van der Waals surface area contributed by atoms with Crippen LogP contribution in [0.15, 0.2) is 18.2 Å². The molecule has 1 unspecified atom stereocenters. The first-order valence-electron chi connectivity index (χ1n) is 38.2. The van der Waals surface area contributed by atoms with Crippen molar-refractivity contribution < 1.29 is 75.5 Å². The van der Waals surface area contributed by atoms with E-state index in [1.165, 1.54) is 79.9 Å². The lowest BCUT2D eigenvalue weighted by molar-refractivity contribution is -0.157. The van der Waals surface area contributed by atoms with Crippen LogP contribution < -0.4 is 16.0 Å². The van der Waals surface area contributed by atoms with Crippen molar-refractivity contribution in [3.8, 4) is 0 Å². The van der Waals surface area contributed by atoms with Crippen LogP contribution in [0.2, 0.25) is 5.02 Å². The molecule has 1 aromatic rings. The van der Waals surface area contributed by atoms with E-state index in [-0.39, 0.29) is 81.2 Å². The normalized spacial score (nSPS) is 24.8. The summed E-state index contributed by atoms with van der Waals surface area (Å²) in [7, 11) is 13.0. The number of rotatable bonds is 15. The van der Waals surface area contributed by atoms with E-state index in [4.69, 9.17) is 11.6 Å². The Morgan fingerprint density at radius 2 is 1.23 bits per heavy atom. The van der Waals surface area contributed by atoms with Crippen LogP contribution in [-0.2, 0) is 74.9 Å². The summed E-state index contributed by atoms with van der Waals surface area (Å²) in [5.74, 6) is -9.72. The van der Waals surface area contributed by atoms with Gasteiger partial charge in [0.05, 0.1) is 43.2 Å². The Kier molecular flexibility index (Phi) is 33.0. The van der Waals surface area contributed by atoms with Crippen molar-refractivity contribution in [1.29, 1.82) is 0 Å².